The molecule has 1 heterocycles. The molecule has 1 saturated heterocycles. The molecule has 0 radical (unpaired) electrons. The van der Waals surface area contributed by atoms with E-state index in [1.807, 2.05) is 18.2 Å². The van der Waals surface area contributed by atoms with Gasteiger partial charge in [0.05, 0.1) is 0 Å². The minimum absolute atomic E-state index is 0.193. The van der Waals surface area contributed by atoms with Crippen LogP contribution in [0.2, 0.25) is 0 Å². The van der Waals surface area contributed by atoms with Gasteiger partial charge in [-0.15, -0.1) is 0 Å². The molecule has 1 saturated carbocycles. The highest BCUT2D eigenvalue weighted by atomic mass is 16.5. The Morgan fingerprint density at radius 2 is 2.00 bits per heavy atom. The van der Waals surface area contributed by atoms with Gasteiger partial charge in [0.25, 0.3) is 0 Å². The van der Waals surface area contributed by atoms with E-state index in [4.69, 9.17) is 4.74 Å². The van der Waals surface area contributed by atoms with Crippen LogP contribution in [0.3, 0.4) is 0 Å². The van der Waals surface area contributed by atoms with Gasteiger partial charge in [0.15, 0.2) is 11.5 Å². The van der Waals surface area contributed by atoms with Crippen molar-refractivity contribution in [1.29, 1.82) is 0 Å². The number of hydrogen-bond donors (Lipinski definition) is 1. The molecule has 0 amide bonds. The van der Waals surface area contributed by atoms with Crippen LogP contribution >= 0.6 is 0 Å². The van der Waals surface area contributed by atoms with Crippen molar-refractivity contribution in [3.05, 3.63) is 53.6 Å². The van der Waals surface area contributed by atoms with Crippen LogP contribution in [0, 0.1) is 5.92 Å². The predicted octanol–water partition coefficient (Wildman–Crippen LogP) is 4.87. The Morgan fingerprint density at radius 1 is 1.12 bits per heavy atom. The quantitative estimate of drug-likeness (QED) is 0.839. The van der Waals surface area contributed by atoms with Crippen LogP contribution in [0.1, 0.15) is 43.2 Å². The molecule has 2 aromatic carbocycles. The molecular formula is C23H27NO2. The fourth-order valence-electron chi connectivity index (χ4n) is 5.91. The topological polar surface area (TPSA) is 32.7 Å². The number of aromatic hydroxyl groups is 1. The zero-order valence-electron chi connectivity index (χ0n) is 15.4. The molecule has 1 aliphatic heterocycles. The van der Waals surface area contributed by atoms with Crippen LogP contribution in [0.15, 0.2) is 42.5 Å². The lowest BCUT2D eigenvalue weighted by Crippen LogP contribution is -2.59. The van der Waals surface area contributed by atoms with Crippen LogP contribution in [0.5, 0.6) is 17.2 Å². The highest BCUT2D eigenvalue weighted by Crippen LogP contribution is 2.56. The molecule has 0 aromatic heterocycles. The maximum absolute atomic E-state index is 10.0. The van der Waals surface area contributed by atoms with E-state index in [1.54, 1.807) is 6.07 Å². The number of phenolic OH excluding ortho intramolecular Hbond substituents is 1. The molecule has 3 heteroatoms. The van der Waals surface area contributed by atoms with Crippen molar-refractivity contribution < 1.29 is 9.84 Å². The normalized spacial score (nSPS) is 30.3. The molecule has 1 N–H and O–H groups in total. The minimum Gasteiger partial charge on any atom is -0.504 e. The summed E-state index contributed by atoms with van der Waals surface area (Å²) in [4.78, 5) is 2.60. The van der Waals surface area contributed by atoms with Gasteiger partial charge in [0.2, 0.25) is 0 Å². The Morgan fingerprint density at radius 3 is 2.88 bits per heavy atom. The van der Waals surface area contributed by atoms with E-state index in [2.05, 4.69) is 30.1 Å². The monoisotopic (exact) mass is 349 g/mol. The Labute approximate surface area is 155 Å². The second kappa shape index (κ2) is 6.02. The molecule has 136 valence electrons. The Balaban J connectivity index is 1.56. The van der Waals surface area contributed by atoms with Crippen LogP contribution in [-0.2, 0) is 11.8 Å². The van der Waals surface area contributed by atoms with Gasteiger partial charge in [-0.2, -0.15) is 0 Å². The maximum Gasteiger partial charge on any atom is 0.169 e. The lowest BCUT2D eigenvalue weighted by molar-refractivity contribution is 0.00276. The third kappa shape index (κ3) is 2.37. The van der Waals surface area contributed by atoms with Crippen molar-refractivity contribution in [3.63, 3.8) is 0 Å². The first-order chi connectivity index (χ1) is 12.7. The molecule has 26 heavy (non-hydrogen) atoms. The molecular weight excluding hydrogens is 322 g/mol. The molecule has 5 rings (SSSR count). The molecule has 0 spiro atoms. The molecule has 2 aliphatic carbocycles. The highest BCUT2D eigenvalue weighted by molar-refractivity contribution is 5.48. The SMILES string of the molecule is CN1CC[C@]23CCCC[C@H]2[C@H]1Cc1ccc(Oc2ccccc2O)cc13. The van der Waals surface area contributed by atoms with Crippen LogP contribution in [-0.4, -0.2) is 29.6 Å². The smallest absolute Gasteiger partial charge is 0.169 e. The summed E-state index contributed by atoms with van der Waals surface area (Å²) in [5, 5.41) is 10.0. The van der Waals surface area contributed by atoms with Gasteiger partial charge in [0.1, 0.15) is 5.75 Å². The Bertz CT molecular complexity index is 833. The number of fused-ring (bicyclic) bond motifs is 1. The van der Waals surface area contributed by atoms with Gasteiger partial charge < -0.3 is 14.7 Å². The van der Waals surface area contributed by atoms with Gasteiger partial charge in [-0.1, -0.05) is 31.0 Å². The number of ether oxygens (including phenoxy) is 1. The van der Waals surface area contributed by atoms with Crippen molar-refractivity contribution in [1.82, 2.24) is 4.90 Å². The van der Waals surface area contributed by atoms with Gasteiger partial charge >= 0.3 is 0 Å². The second-order valence-corrected chi connectivity index (χ2v) is 8.40. The van der Waals surface area contributed by atoms with Crippen molar-refractivity contribution in [2.45, 2.75) is 50.0 Å². The number of likely N-dealkylation sites (tertiary alicyclic amines) is 1. The highest BCUT2D eigenvalue weighted by Gasteiger charge is 2.53. The van der Waals surface area contributed by atoms with E-state index in [9.17, 15) is 5.11 Å². The molecule has 0 unspecified atom stereocenters. The van der Waals surface area contributed by atoms with Crippen molar-refractivity contribution in [2.24, 2.45) is 5.92 Å². The fraction of sp³-hybridized carbons (Fsp3) is 0.478. The van der Waals surface area contributed by atoms with Crippen LogP contribution in [0.25, 0.3) is 0 Å². The second-order valence-electron chi connectivity index (χ2n) is 8.40. The zero-order chi connectivity index (χ0) is 17.7. The third-order valence-corrected chi connectivity index (χ3v) is 7.18. The molecule has 2 bridgehead atoms. The predicted molar refractivity (Wildman–Crippen MR) is 103 cm³/mol. The molecule has 3 aliphatic rings. The number of rotatable bonds is 2. The summed E-state index contributed by atoms with van der Waals surface area (Å²) in [7, 11) is 2.31. The number of likely N-dealkylation sites (N-methyl/N-ethyl adjacent to an activating group) is 1. The summed E-state index contributed by atoms with van der Waals surface area (Å²) in [5.74, 6) is 2.35. The van der Waals surface area contributed by atoms with Gasteiger partial charge in [-0.05, 0) is 80.6 Å². The summed E-state index contributed by atoms with van der Waals surface area (Å²) >= 11 is 0. The summed E-state index contributed by atoms with van der Waals surface area (Å²) in [6, 6.07) is 14.5. The first-order valence-corrected chi connectivity index (χ1v) is 9.97. The van der Waals surface area contributed by atoms with E-state index < -0.39 is 0 Å². The molecule has 3 nitrogen and oxygen atoms in total. The van der Waals surface area contributed by atoms with E-state index in [0.29, 0.717) is 17.2 Å². The Kier molecular flexibility index (Phi) is 3.75. The van der Waals surface area contributed by atoms with E-state index in [0.717, 1.165) is 18.1 Å². The van der Waals surface area contributed by atoms with E-state index in [-0.39, 0.29) is 5.75 Å². The number of benzene rings is 2. The molecule has 2 fully saturated rings. The standard InChI is InChI=1S/C23H27NO2/c1-24-13-12-23-11-5-4-6-18(23)20(24)14-16-9-10-17(15-19(16)23)26-22-8-3-2-7-21(22)25/h2-3,7-10,15,18,20,25H,4-6,11-14H2,1H3/t18-,20+,23+/m0/s1. The first kappa shape index (κ1) is 16.2. The average molecular weight is 349 g/mol. The zero-order valence-corrected chi connectivity index (χ0v) is 15.4. The third-order valence-electron chi connectivity index (χ3n) is 7.18. The fourth-order valence-corrected chi connectivity index (χ4v) is 5.91. The van der Waals surface area contributed by atoms with Crippen LogP contribution < -0.4 is 4.74 Å². The van der Waals surface area contributed by atoms with Crippen molar-refractivity contribution in [3.8, 4) is 17.2 Å². The van der Waals surface area contributed by atoms with Gasteiger partial charge in [-0.25, -0.2) is 0 Å². The van der Waals surface area contributed by atoms with Crippen molar-refractivity contribution >= 4 is 0 Å². The summed E-state index contributed by atoms with van der Waals surface area (Å²) in [6.07, 6.45) is 7.82. The maximum atomic E-state index is 10.0. The van der Waals surface area contributed by atoms with Crippen LogP contribution in [0.4, 0.5) is 0 Å². The van der Waals surface area contributed by atoms with Gasteiger partial charge in [-0.3, -0.25) is 0 Å². The van der Waals surface area contributed by atoms with E-state index in [1.165, 1.54) is 49.8 Å². The number of phenols is 1. The van der Waals surface area contributed by atoms with E-state index >= 15 is 0 Å². The minimum atomic E-state index is 0.193. The first-order valence-electron chi connectivity index (χ1n) is 9.97. The largest absolute Gasteiger partial charge is 0.504 e. The number of hydrogen-bond acceptors (Lipinski definition) is 3. The number of piperidine rings is 1. The molecule has 3 atom stereocenters. The lowest BCUT2D eigenvalue weighted by atomic mass is 9.52. The Hall–Kier alpha value is -2.00. The number of para-hydroxylation sites is 2. The average Bonchev–Trinajstić information content (AvgIpc) is 2.67. The van der Waals surface area contributed by atoms with Crippen molar-refractivity contribution in [2.75, 3.05) is 13.6 Å². The summed E-state index contributed by atoms with van der Waals surface area (Å²) in [6.45, 7) is 1.20. The van der Waals surface area contributed by atoms with Gasteiger partial charge in [0, 0.05) is 11.5 Å². The summed E-state index contributed by atoms with van der Waals surface area (Å²) in [5.41, 5.74) is 3.37. The number of nitrogens with zero attached hydrogens (tertiary/aromatic N) is 1. The molecule has 2 aromatic rings. The summed E-state index contributed by atoms with van der Waals surface area (Å²) < 4.78 is 6.05. The lowest BCUT2D eigenvalue weighted by Gasteiger charge is -2.58.